The molecule has 1 aliphatic rings. The predicted molar refractivity (Wildman–Crippen MR) is 69.5 cm³/mol. The highest BCUT2D eigenvalue weighted by Gasteiger charge is 2.21. The van der Waals surface area contributed by atoms with Gasteiger partial charge < -0.3 is 10.4 Å². The van der Waals surface area contributed by atoms with E-state index in [0.29, 0.717) is 12.5 Å². The number of nitrogens with one attached hydrogen (secondary N) is 1. The summed E-state index contributed by atoms with van der Waals surface area (Å²) in [4.78, 5) is 0. The maximum atomic E-state index is 9.06. The molecule has 0 bridgehead atoms. The van der Waals surface area contributed by atoms with Crippen molar-refractivity contribution in [2.45, 2.75) is 58.9 Å². The number of aliphatic hydroxyl groups excluding tert-OH is 1. The van der Waals surface area contributed by atoms with E-state index < -0.39 is 0 Å². The lowest BCUT2D eigenvalue weighted by atomic mass is 9.94. The van der Waals surface area contributed by atoms with Gasteiger partial charge in [-0.3, -0.25) is 0 Å². The fraction of sp³-hybridized carbons (Fsp3) is 1.00. The smallest absolute Gasteiger partial charge is 0.0434 e. The largest absolute Gasteiger partial charge is 0.396 e. The minimum atomic E-state index is 0.333. The lowest BCUT2D eigenvalue weighted by molar-refractivity contribution is 0.236. The Hall–Kier alpha value is -0.0800. The van der Waals surface area contributed by atoms with E-state index in [0.717, 1.165) is 30.8 Å². The van der Waals surface area contributed by atoms with Crippen LogP contribution in [0.2, 0.25) is 0 Å². The molecule has 0 radical (unpaired) electrons. The van der Waals surface area contributed by atoms with E-state index in [2.05, 4.69) is 26.1 Å². The third kappa shape index (κ3) is 5.31. The molecule has 1 aliphatic carbocycles. The van der Waals surface area contributed by atoms with Gasteiger partial charge in [0.15, 0.2) is 0 Å². The van der Waals surface area contributed by atoms with Crippen molar-refractivity contribution in [3.05, 3.63) is 0 Å². The zero-order valence-electron chi connectivity index (χ0n) is 11.2. The molecule has 0 saturated heterocycles. The summed E-state index contributed by atoms with van der Waals surface area (Å²) < 4.78 is 0. The zero-order chi connectivity index (χ0) is 12.0. The summed E-state index contributed by atoms with van der Waals surface area (Å²) in [6.07, 6.45) is 6.25. The van der Waals surface area contributed by atoms with E-state index >= 15 is 0 Å². The molecule has 0 aromatic heterocycles. The zero-order valence-corrected chi connectivity index (χ0v) is 11.2. The quantitative estimate of drug-likeness (QED) is 0.701. The van der Waals surface area contributed by atoms with Gasteiger partial charge in [0.05, 0.1) is 0 Å². The first kappa shape index (κ1) is 14.0. The Balaban J connectivity index is 2.20. The first-order valence-electron chi connectivity index (χ1n) is 6.96. The maximum absolute atomic E-state index is 9.06. The summed E-state index contributed by atoms with van der Waals surface area (Å²) in [5.74, 6) is 2.29. The molecule has 0 aliphatic heterocycles. The van der Waals surface area contributed by atoms with Crippen LogP contribution in [0.1, 0.15) is 52.9 Å². The van der Waals surface area contributed by atoms with Gasteiger partial charge in [-0.2, -0.15) is 0 Å². The predicted octanol–water partition coefficient (Wildman–Crippen LogP) is 2.81. The topological polar surface area (TPSA) is 32.3 Å². The third-order valence-corrected chi connectivity index (χ3v) is 3.73. The summed E-state index contributed by atoms with van der Waals surface area (Å²) in [5.41, 5.74) is 0. The van der Waals surface area contributed by atoms with Crippen molar-refractivity contribution in [1.82, 2.24) is 5.32 Å². The molecule has 0 aromatic carbocycles. The van der Waals surface area contributed by atoms with Crippen LogP contribution >= 0.6 is 0 Å². The molecule has 0 spiro atoms. The van der Waals surface area contributed by atoms with Crippen molar-refractivity contribution in [2.24, 2.45) is 17.8 Å². The van der Waals surface area contributed by atoms with Crippen LogP contribution in [-0.2, 0) is 0 Å². The second kappa shape index (κ2) is 7.29. The van der Waals surface area contributed by atoms with Crippen molar-refractivity contribution in [3.63, 3.8) is 0 Å². The van der Waals surface area contributed by atoms with E-state index in [1.807, 2.05) is 0 Å². The molecular formula is C14H29NO. The second-order valence-corrected chi connectivity index (χ2v) is 6.03. The Morgan fingerprint density at radius 1 is 1.31 bits per heavy atom. The molecule has 0 amide bonds. The van der Waals surface area contributed by atoms with Crippen LogP contribution < -0.4 is 5.32 Å². The second-order valence-electron chi connectivity index (χ2n) is 6.03. The van der Waals surface area contributed by atoms with Gasteiger partial charge in [-0.05, 0) is 56.4 Å². The molecule has 2 heteroatoms. The Morgan fingerprint density at radius 3 is 2.56 bits per heavy atom. The summed E-state index contributed by atoms with van der Waals surface area (Å²) in [6.45, 7) is 8.31. The first-order valence-corrected chi connectivity index (χ1v) is 6.96. The molecule has 96 valence electrons. The molecule has 0 aromatic rings. The van der Waals surface area contributed by atoms with Gasteiger partial charge in [-0.1, -0.05) is 20.8 Å². The van der Waals surface area contributed by atoms with Gasteiger partial charge in [-0.15, -0.1) is 0 Å². The highest BCUT2D eigenvalue weighted by atomic mass is 16.3. The number of aliphatic hydroxyl groups is 1. The van der Waals surface area contributed by atoms with Crippen molar-refractivity contribution >= 4 is 0 Å². The summed E-state index contributed by atoms with van der Waals surface area (Å²) >= 11 is 0. The molecule has 0 heterocycles. The van der Waals surface area contributed by atoms with Gasteiger partial charge in [0.2, 0.25) is 0 Å². The summed E-state index contributed by atoms with van der Waals surface area (Å²) in [5, 5.41) is 12.7. The van der Waals surface area contributed by atoms with Gasteiger partial charge in [0.25, 0.3) is 0 Å². The standard InChI is InChI=1S/C14H29NO/c1-11(2)8-13(6-7-16)10-15-14-5-4-12(3)9-14/h11-16H,4-10H2,1-3H3. The number of rotatable bonds is 7. The van der Waals surface area contributed by atoms with Crippen LogP contribution in [0.3, 0.4) is 0 Å². The van der Waals surface area contributed by atoms with Crippen LogP contribution in [-0.4, -0.2) is 24.3 Å². The number of hydrogen-bond acceptors (Lipinski definition) is 2. The molecule has 1 fully saturated rings. The fourth-order valence-electron chi connectivity index (χ4n) is 2.88. The van der Waals surface area contributed by atoms with E-state index in [1.165, 1.54) is 25.7 Å². The fourth-order valence-corrected chi connectivity index (χ4v) is 2.88. The van der Waals surface area contributed by atoms with Crippen LogP contribution in [0.25, 0.3) is 0 Å². The molecule has 1 rings (SSSR count). The summed E-state index contributed by atoms with van der Waals surface area (Å²) in [6, 6.07) is 0.739. The van der Waals surface area contributed by atoms with Gasteiger partial charge >= 0.3 is 0 Å². The minimum absolute atomic E-state index is 0.333. The van der Waals surface area contributed by atoms with Crippen molar-refractivity contribution < 1.29 is 5.11 Å². The summed E-state index contributed by atoms with van der Waals surface area (Å²) in [7, 11) is 0. The molecular weight excluding hydrogens is 198 g/mol. The highest BCUT2D eigenvalue weighted by molar-refractivity contribution is 4.79. The Morgan fingerprint density at radius 2 is 2.06 bits per heavy atom. The molecule has 16 heavy (non-hydrogen) atoms. The number of hydrogen-bond donors (Lipinski definition) is 2. The third-order valence-electron chi connectivity index (χ3n) is 3.73. The molecule has 2 N–H and O–H groups in total. The lowest BCUT2D eigenvalue weighted by Crippen LogP contribution is -2.32. The monoisotopic (exact) mass is 227 g/mol. The SMILES string of the molecule is CC(C)CC(CCO)CNC1CCC(C)C1. The minimum Gasteiger partial charge on any atom is -0.396 e. The van der Waals surface area contributed by atoms with Crippen LogP contribution in [0, 0.1) is 17.8 Å². The molecule has 1 saturated carbocycles. The Bertz CT molecular complexity index is 182. The van der Waals surface area contributed by atoms with E-state index in [1.54, 1.807) is 0 Å². The van der Waals surface area contributed by atoms with Crippen LogP contribution in [0.5, 0.6) is 0 Å². The van der Waals surface area contributed by atoms with Gasteiger partial charge in [0.1, 0.15) is 0 Å². The van der Waals surface area contributed by atoms with Gasteiger partial charge in [0, 0.05) is 12.6 Å². The van der Waals surface area contributed by atoms with E-state index in [4.69, 9.17) is 5.11 Å². The Kier molecular flexibility index (Phi) is 6.37. The van der Waals surface area contributed by atoms with Crippen molar-refractivity contribution in [3.8, 4) is 0 Å². The average molecular weight is 227 g/mol. The Labute approximate surface area is 101 Å². The van der Waals surface area contributed by atoms with E-state index in [9.17, 15) is 0 Å². The van der Waals surface area contributed by atoms with E-state index in [-0.39, 0.29) is 0 Å². The van der Waals surface area contributed by atoms with Crippen molar-refractivity contribution in [2.75, 3.05) is 13.2 Å². The molecule has 3 atom stereocenters. The average Bonchev–Trinajstić information content (AvgIpc) is 2.60. The maximum Gasteiger partial charge on any atom is 0.0434 e. The normalized spacial score (nSPS) is 27.6. The highest BCUT2D eigenvalue weighted by Crippen LogP contribution is 2.25. The van der Waals surface area contributed by atoms with Crippen LogP contribution in [0.15, 0.2) is 0 Å². The molecule has 3 unspecified atom stereocenters. The van der Waals surface area contributed by atoms with Crippen molar-refractivity contribution in [1.29, 1.82) is 0 Å². The van der Waals surface area contributed by atoms with Crippen LogP contribution in [0.4, 0.5) is 0 Å². The molecule has 2 nitrogen and oxygen atoms in total. The van der Waals surface area contributed by atoms with Gasteiger partial charge in [-0.25, -0.2) is 0 Å². The lowest BCUT2D eigenvalue weighted by Gasteiger charge is -2.21. The first-order chi connectivity index (χ1) is 7.61.